The second-order valence-electron chi connectivity index (χ2n) is 3.74. The molecule has 0 amide bonds. The van der Waals surface area contributed by atoms with Gasteiger partial charge in [-0.3, -0.25) is 4.79 Å². The van der Waals surface area contributed by atoms with Crippen LogP contribution >= 0.6 is 0 Å². The van der Waals surface area contributed by atoms with Gasteiger partial charge in [0.2, 0.25) is 0 Å². The minimum Gasteiger partial charge on any atom is -0.491 e. The van der Waals surface area contributed by atoms with Crippen LogP contribution in [0.3, 0.4) is 0 Å². The largest absolute Gasteiger partial charge is 0.491 e. The molecule has 1 rings (SSSR count). The summed E-state index contributed by atoms with van der Waals surface area (Å²) < 4.78 is 10.1. The fourth-order valence-electron chi connectivity index (χ4n) is 1.30. The highest BCUT2D eigenvalue weighted by Crippen LogP contribution is 2.15. The van der Waals surface area contributed by atoms with Crippen molar-refractivity contribution in [3.8, 4) is 5.75 Å². The number of ether oxygens (including phenoxy) is 2. The van der Waals surface area contributed by atoms with Gasteiger partial charge in [0.25, 0.3) is 5.78 Å². The molecule has 92 valence electrons. The van der Waals surface area contributed by atoms with E-state index in [-0.39, 0.29) is 18.3 Å². The number of benzene rings is 1. The monoisotopic (exact) mass is 236 g/mol. The Morgan fingerprint density at radius 3 is 2.59 bits per heavy atom. The first kappa shape index (κ1) is 13.2. The van der Waals surface area contributed by atoms with Crippen LogP contribution in [-0.4, -0.2) is 24.5 Å². The Kier molecular flexibility index (Phi) is 4.69. The summed E-state index contributed by atoms with van der Waals surface area (Å²) in [5.41, 5.74) is 0.279. The molecule has 17 heavy (non-hydrogen) atoms. The van der Waals surface area contributed by atoms with E-state index in [1.54, 1.807) is 31.2 Å². The highest BCUT2D eigenvalue weighted by molar-refractivity contribution is 6.40. The first-order chi connectivity index (χ1) is 8.04. The van der Waals surface area contributed by atoms with Crippen LogP contribution in [0.2, 0.25) is 0 Å². The van der Waals surface area contributed by atoms with E-state index < -0.39 is 11.8 Å². The quantitative estimate of drug-likeness (QED) is 0.447. The van der Waals surface area contributed by atoms with Crippen molar-refractivity contribution in [3.63, 3.8) is 0 Å². The van der Waals surface area contributed by atoms with Gasteiger partial charge in [-0.1, -0.05) is 12.1 Å². The third-order valence-electron chi connectivity index (χ3n) is 1.93. The molecular formula is C13H16O4. The molecule has 0 radical (unpaired) electrons. The zero-order valence-electron chi connectivity index (χ0n) is 10.2. The summed E-state index contributed by atoms with van der Waals surface area (Å²) in [6.45, 7) is 5.62. The van der Waals surface area contributed by atoms with E-state index in [2.05, 4.69) is 4.74 Å². The smallest absolute Gasteiger partial charge is 0.379 e. The van der Waals surface area contributed by atoms with Gasteiger partial charge in [-0.15, -0.1) is 0 Å². The summed E-state index contributed by atoms with van der Waals surface area (Å²) in [5, 5.41) is 0. The molecule has 0 atom stereocenters. The van der Waals surface area contributed by atoms with Crippen molar-refractivity contribution in [1.29, 1.82) is 0 Å². The number of rotatable bonds is 5. The van der Waals surface area contributed by atoms with Crippen LogP contribution in [0.15, 0.2) is 24.3 Å². The van der Waals surface area contributed by atoms with Gasteiger partial charge in [0.15, 0.2) is 0 Å². The van der Waals surface area contributed by atoms with Crippen molar-refractivity contribution in [2.75, 3.05) is 6.61 Å². The van der Waals surface area contributed by atoms with Gasteiger partial charge < -0.3 is 9.47 Å². The lowest BCUT2D eigenvalue weighted by molar-refractivity contribution is -0.137. The number of carbonyl (C=O) groups excluding carboxylic acids is 2. The minimum absolute atomic E-state index is 0.0166. The molecule has 0 N–H and O–H groups in total. The standard InChI is InChI=1S/C13H16O4/c1-4-16-13(15)12(14)10-6-5-7-11(8-10)17-9(2)3/h5-9H,4H2,1-3H3. The summed E-state index contributed by atoms with van der Waals surface area (Å²) >= 11 is 0. The second-order valence-corrected chi connectivity index (χ2v) is 3.74. The number of Topliss-reactive ketones (excluding diaryl/α,β-unsaturated/α-hetero) is 1. The van der Waals surface area contributed by atoms with Crippen molar-refractivity contribution < 1.29 is 19.1 Å². The van der Waals surface area contributed by atoms with Crippen molar-refractivity contribution in [1.82, 2.24) is 0 Å². The van der Waals surface area contributed by atoms with Gasteiger partial charge >= 0.3 is 5.97 Å². The molecule has 0 saturated carbocycles. The highest BCUT2D eigenvalue weighted by Gasteiger charge is 2.17. The summed E-state index contributed by atoms with van der Waals surface area (Å²) in [6, 6.07) is 6.51. The van der Waals surface area contributed by atoms with E-state index in [1.165, 1.54) is 0 Å². The molecule has 0 spiro atoms. The maximum Gasteiger partial charge on any atom is 0.379 e. The molecule has 0 aliphatic carbocycles. The van der Waals surface area contributed by atoms with E-state index in [9.17, 15) is 9.59 Å². The molecule has 0 saturated heterocycles. The van der Waals surface area contributed by atoms with Crippen LogP contribution in [0, 0.1) is 0 Å². The molecular weight excluding hydrogens is 220 g/mol. The maximum atomic E-state index is 11.6. The van der Waals surface area contributed by atoms with E-state index in [1.807, 2.05) is 13.8 Å². The van der Waals surface area contributed by atoms with Crippen LogP contribution in [0.25, 0.3) is 0 Å². The maximum absolute atomic E-state index is 11.6. The second kappa shape index (κ2) is 6.03. The van der Waals surface area contributed by atoms with E-state index in [0.29, 0.717) is 5.75 Å². The summed E-state index contributed by atoms with van der Waals surface area (Å²) in [5.74, 6) is -0.926. The van der Waals surface area contributed by atoms with Crippen molar-refractivity contribution in [2.45, 2.75) is 26.9 Å². The topological polar surface area (TPSA) is 52.6 Å². The van der Waals surface area contributed by atoms with Crippen LogP contribution in [-0.2, 0) is 9.53 Å². The average Bonchev–Trinajstić information content (AvgIpc) is 2.28. The first-order valence-electron chi connectivity index (χ1n) is 5.52. The van der Waals surface area contributed by atoms with Gasteiger partial charge in [-0.2, -0.15) is 0 Å². The lowest BCUT2D eigenvalue weighted by Crippen LogP contribution is -2.17. The zero-order chi connectivity index (χ0) is 12.8. The summed E-state index contributed by atoms with van der Waals surface area (Å²) in [6.07, 6.45) is 0.0166. The minimum atomic E-state index is -0.839. The van der Waals surface area contributed by atoms with E-state index in [4.69, 9.17) is 4.74 Å². The third kappa shape index (κ3) is 3.90. The normalized spacial score (nSPS) is 10.1. The van der Waals surface area contributed by atoms with Crippen LogP contribution in [0.1, 0.15) is 31.1 Å². The van der Waals surface area contributed by atoms with Gasteiger partial charge in [0.05, 0.1) is 12.7 Å². The number of carbonyl (C=O) groups is 2. The Morgan fingerprint density at radius 1 is 1.29 bits per heavy atom. The molecule has 0 fully saturated rings. The lowest BCUT2D eigenvalue weighted by atomic mass is 10.1. The highest BCUT2D eigenvalue weighted by atomic mass is 16.5. The summed E-state index contributed by atoms with van der Waals surface area (Å²) in [7, 11) is 0. The van der Waals surface area contributed by atoms with E-state index in [0.717, 1.165) is 0 Å². The van der Waals surface area contributed by atoms with E-state index >= 15 is 0 Å². The Balaban J connectivity index is 2.84. The SMILES string of the molecule is CCOC(=O)C(=O)c1cccc(OC(C)C)c1. The van der Waals surface area contributed by atoms with Crippen molar-refractivity contribution >= 4 is 11.8 Å². The number of ketones is 1. The van der Waals surface area contributed by atoms with Crippen LogP contribution < -0.4 is 4.74 Å². The lowest BCUT2D eigenvalue weighted by Gasteiger charge is -2.10. The first-order valence-corrected chi connectivity index (χ1v) is 5.52. The fourth-order valence-corrected chi connectivity index (χ4v) is 1.30. The van der Waals surface area contributed by atoms with Gasteiger partial charge in [0, 0.05) is 5.56 Å². The Bertz CT molecular complexity index is 410. The van der Waals surface area contributed by atoms with Crippen molar-refractivity contribution in [2.24, 2.45) is 0 Å². The van der Waals surface area contributed by atoms with Gasteiger partial charge in [-0.05, 0) is 32.9 Å². The molecule has 0 unspecified atom stereocenters. The summed E-state index contributed by atoms with van der Waals surface area (Å²) in [4.78, 5) is 22.9. The van der Waals surface area contributed by atoms with Crippen molar-refractivity contribution in [3.05, 3.63) is 29.8 Å². The molecule has 0 aromatic heterocycles. The van der Waals surface area contributed by atoms with Crippen LogP contribution in [0.5, 0.6) is 5.75 Å². The Labute approximate surface area is 101 Å². The molecule has 0 aliphatic heterocycles. The number of esters is 1. The molecule has 4 nitrogen and oxygen atoms in total. The molecule has 0 heterocycles. The molecule has 1 aromatic rings. The molecule has 0 aliphatic rings. The average molecular weight is 236 g/mol. The fraction of sp³-hybridized carbons (Fsp3) is 0.385. The predicted molar refractivity (Wildman–Crippen MR) is 63.2 cm³/mol. The van der Waals surface area contributed by atoms with Gasteiger partial charge in [0.1, 0.15) is 5.75 Å². The Morgan fingerprint density at radius 2 is 2.00 bits per heavy atom. The molecule has 0 bridgehead atoms. The molecule has 4 heteroatoms. The predicted octanol–water partition coefficient (Wildman–Crippen LogP) is 2.22. The zero-order valence-corrected chi connectivity index (χ0v) is 10.2. The molecule has 1 aromatic carbocycles. The van der Waals surface area contributed by atoms with Crippen LogP contribution in [0.4, 0.5) is 0 Å². The number of hydrogen-bond acceptors (Lipinski definition) is 4. The Hall–Kier alpha value is -1.84. The number of hydrogen-bond donors (Lipinski definition) is 0. The third-order valence-corrected chi connectivity index (χ3v) is 1.93. The van der Waals surface area contributed by atoms with Gasteiger partial charge in [-0.25, -0.2) is 4.79 Å².